The van der Waals surface area contributed by atoms with Crippen LogP contribution in [0.1, 0.15) is 0 Å². The molecule has 3 rings (SSSR count). The number of halogens is 1. The highest BCUT2D eigenvalue weighted by Gasteiger charge is 2.39. The van der Waals surface area contributed by atoms with Crippen molar-refractivity contribution in [3.05, 3.63) is 42.5 Å². The van der Waals surface area contributed by atoms with Gasteiger partial charge in [-0.1, -0.05) is 36.4 Å². The monoisotopic (exact) mass is 320 g/mol. The predicted molar refractivity (Wildman–Crippen MR) is 86.8 cm³/mol. The second-order valence-corrected chi connectivity index (χ2v) is 6.05. The average molecular weight is 321 g/mol. The Bertz CT molecular complexity index is 702. The number of imide groups is 1. The van der Waals surface area contributed by atoms with Crippen molar-refractivity contribution in [2.75, 3.05) is 17.7 Å². The molecule has 0 bridgehead atoms. The number of thioether (sulfide) groups is 1. The van der Waals surface area contributed by atoms with Crippen LogP contribution in [0.2, 0.25) is 0 Å². The van der Waals surface area contributed by atoms with Crippen LogP contribution in [-0.2, 0) is 4.79 Å². The minimum absolute atomic E-state index is 0.237. The summed E-state index contributed by atoms with van der Waals surface area (Å²) in [7, 11) is 0. The van der Waals surface area contributed by atoms with E-state index < -0.39 is 5.37 Å². The number of hydrogen-bond acceptors (Lipinski definition) is 4. The summed E-state index contributed by atoms with van der Waals surface area (Å²) < 4.78 is 0. The lowest BCUT2D eigenvalue weighted by atomic mass is 10.1. The Kier molecular flexibility index (Phi) is 4.03. The van der Waals surface area contributed by atoms with E-state index in [2.05, 4.69) is 5.32 Å². The van der Waals surface area contributed by atoms with E-state index in [0.717, 1.165) is 28.2 Å². The first kappa shape index (κ1) is 14.2. The first-order valence-electron chi connectivity index (χ1n) is 6.53. The van der Waals surface area contributed by atoms with Gasteiger partial charge in [0.2, 0.25) is 0 Å². The van der Waals surface area contributed by atoms with Crippen LogP contribution in [-0.4, -0.2) is 33.8 Å². The van der Waals surface area contributed by atoms with Crippen molar-refractivity contribution in [1.82, 2.24) is 4.90 Å². The lowest BCUT2D eigenvalue weighted by molar-refractivity contribution is -0.126. The normalized spacial score (nSPS) is 18.5. The molecule has 1 aliphatic heterocycles. The molecule has 2 aromatic carbocycles. The summed E-state index contributed by atoms with van der Waals surface area (Å²) >= 11 is 6.62. The van der Waals surface area contributed by atoms with Gasteiger partial charge < -0.3 is 5.32 Å². The van der Waals surface area contributed by atoms with Gasteiger partial charge >= 0.3 is 0 Å². The van der Waals surface area contributed by atoms with Gasteiger partial charge in [0.05, 0.1) is 0 Å². The van der Waals surface area contributed by atoms with Crippen molar-refractivity contribution in [1.29, 1.82) is 0 Å². The number of nitrogens with zero attached hydrogens (tertiary/aromatic N) is 1. The SMILES string of the molecule is O=C1S[C@H](Nc2cccc3ccccc23)C(=O)N1CCCl. The van der Waals surface area contributed by atoms with Crippen LogP contribution in [0.15, 0.2) is 42.5 Å². The zero-order chi connectivity index (χ0) is 14.8. The van der Waals surface area contributed by atoms with Gasteiger partial charge in [-0.2, -0.15) is 0 Å². The summed E-state index contributed by atoms with van der Waals surface area (Å²) in [5, 5.41) is 4.43. The fraction of sp³-hybridized carbons (Fsp3) is 0.200. The molecule has 2 aromatic rings. The number of fused-ring (bicyclic) bond motifs is 1. The average Bonchev–Trinajstić information content (AvgIpc) is 2.76. The van der Waals surface area contributed by atoms with E-state index in [9.17, 15) is 9.59 Å². The summed E-state index contributed by atoms with van der Waals surface area (Å²) in [6.07, 6.45) is 0. The molecule has 0 spiro atoms. The fourth-order valence-corrected chi connectivity index (χ4v) is 3.41. The van der Waals surface area contributed by atoms with Crippen molar-refractivity contribution in [3.63, 3.8) is 0 Å². The zero-order valence-electron chi connectivity index (χ0n) is 11.1. The maximum absolute atomic E-state index is 12.2. The predicted octanol–water partition coefficient (Wildman–Crippen LogP) is 3.51. The van der Waals surface area contributed by atoms with Crippen LogP contribution in [0.4, 0.5) is 10.5 Å². The quantitative estimate of drug-likeness (QED) is 0.876. The molecule has 108 valence electrons. The van der Waals surface area contributed by atoms with Gasteiger partial charge in [0.15, 0.2) is 5.37 Å². The minimum atomic E-state index is -0.591. The van der Waals surface area contributed by atoms with Crippen LogP contribution in [0.5, 0.6) is 0 Å². The minimum Gasteiger partial charge on any atom is -0.365 e. The van der Waals surface area contributed by atoms with Gasteiger partial charge in [-0.15, -0.1) is 11.6 Å². The molecule has 1 N–H and O–H groups in total. The number of carbonyl (C=O) groups is 2. The molecule has 0 aliphatic carbocycles. The maximum Gasteiger partial charge on any atom is 0.290 e. The Balaban J connectivity index is 1.86. The first-order chi connectivity index (χ1) is 10.2. The smallest absolute Gasteiger partial charge is 0.290 e. The third-order valence-electron chi connectivity index (χ3n) is 3.31. The Hall–Kier alpha value is -1.72. The molecule has 1 heterocycles. The number of alkyl halides is 1. The van der Waals surface area contributed by atoms with Crippen molar-refractivity contribution in [2.45, 2.75) is 5.37 Å². The van der Waals surface area contributed by atoms with Gasteiger partial charge in [0.25, 0.3) is 11.1 Å². The highest BCUT2D eigenvalue weighted by atomic mass is 35.5. The Labute approximate surface area is 131 Å². The number of benzene rings is 2. The topological polar surface area (TPSA) is 49.4 Å². The molecule has 0 saturated carbocycles. The summed E-state index contributed by atoms with van der Waals surface area (Å²) in [6, 6.07) is 13.7. The Morgan fingerprint density at radius 1 is 1.14 bits per heavy atom. The number of rotatable bonds is 4. The van der Waals surface area contributed by atoms with Gasteiger partial charge in [0, 0.05) is 23.5 Å². The van der Waals surface area contributed by atoms with E-state index in [1.54, 1.807) is 0 Å². The standard InChI is InChI=1S/C15H13ClN2O2S/c16-8-9-18-14(19)13(21-15(18)20)17-12-7-3-5-10-4-1-2-6-11(10)12/h1-7,13,17H,8-9H2/t13-/m0/s1. The molecule has 6 heteroatoms. The molecule has 1 saturated heterocycles. The van der Waals surface area contributed by atoms with E-state index in [1.807, 2.05) is 42.5 Å². The highest BCUT2D eigenvalue weighted by molar-refractivity contribution is 8.15. The summed E-state index contributed by atoms with van der Waals surface area (Å²) in [5.41, 5.74) is 0.847. The summed E-state index contributed by atoms with van der Waals surface area (Å²) in [5.74, 6) is 0.0116. The van der Waals surface area contributed by atoms with E-state index in [-0.39, 0.29) is 23.6 Å². The third kappa shape index (κ3) is 2.71. The van der Waals surface area contributed by atoms with Gasteiger partial charge in [-0.25, -0.2) is 0 Å². The lowest BCUT2D eigenvalue weighted by Gasteiger charge is -2.15. The van der Waals surface area contributed by atoms with Gasteiger partial charge in [0.1, 0.15) is 0 Å². The molecule has 1 aliphatic rings. The number of anilines is 1. The molecular formula is C15H13ClN2O2S. The molecule has 21 heavy (non-hydrogen) atoms. The van der Waals surface area contributed by atoms with Crippen LogP contribution < -0.4 is 5.32 Å². The molecule has 1 fully saturated rings. The van der Waals surface area contributed by atoms with E-state index in [4.69, 9.17) is 11.6 Å². The molecule has 0 radical (unpaired) electrons. The summed E-state index contributed by atoms with van der Waals surface area (Å²) in [6.45, 7) is 0.250. The second-order valence-electron chi connectivity index (χ2n) is 4.61. The number of nitrogens with one attached hydrogen (secondary N) is 1. The van der Waals surface area contributed by atoms with Crippen LogP contribution in [0, 0.1) is 0 Å². The molecule has 0 unspecified atom stereocenters. The van der Waals surface area contributed by atoms with Gasteiger partial charge in [-0.05, 0) is 23.2 Å². The van der Waals surface area contributed by atoms with Crippen molar-refractivity contribution >= 4 is 51.0 Å². The van der Waals surface area contributed by atoms with Crippen LogP contribution >= 0.6 is 23.4 Å². The Morgan fingerprint density at radius 2 is 1.90 bits per heavy atom. The van der Waals surface area contributed by atoms with Gasteiger partial charge in [-0.3, -0.25) is 14.5 Å². The summed E-state index contributed by atoms with van der Waals surface area (Å²) in [4.78, 5) is 25.2. The van der Waals surface area contributed by atoms with Crippen molar-refractivity contribution in [3.8, 4) is 0 Å². The third-order valence-corrected chi connectivity index (χ3v) is 4.46. The maximum atomic E-state index is 12.2. The largest absolute Gasteiger partial charge is 0.365 e. The number of carbonyl (C=O) groups excluding carboxylic acids is 2. The van der Waals surface area contributed by atoms with Crippen LogP contribution in [0.25, 0.3) is 10.8 Å². The van der Waals surface area contributed by atoms with Crippen LogP contribution in [0.3, 0.4) is 0 Å². The highest BCUT2D eigenvalue weighted by Crippen LogP contribution is 2.31. The van der Waals surface area contributed by atoms with Crippen molar-refractivity contribution in [2.24, 2.45) is 0 Å². The second kappa shape index (κ2) is 5.95. The molecule has 4 nitrogen and oxygen atoms in total. The molecule has 1 atom stereocenters. The van der Waals surface area contributed by atoms with E-state index >= 15 is 0 Å². The first-order valence-corrected chi connectivity index (χ1v) is 7.94. The number of amides is 2. The fourth-order valence-electron chi connectivity index (χ4n) is 2.32. The molecule has 2 amide bonds. The van der Waals surface area contributed by atoms with E-state index in [0.29, 0.717) is 0 Å². The van der Waals surface area contributed by atoms with E-state index in [1.165, 1.54) is 4.90 Å². The lowest BCUT2D eigenvalue weighted by Crippen LogP contribution is -2.35. The zero-order valence-corrected chi connectivity index (χ0v) is 12.7. The van der Waals surface area contributed by atoms with Crippen molar-refractivity contribution < 1.29 is 9.59 Å². The number of hydrogen-bond donors (Lipinski definition) is 1. The Morgan fingerprint density at radius 3 is 2.71 bits per heavy atom. The molecular weight excluding hydrogens is 308 g/mol. The molecule has 0 aromatic heterocycles.